The molecule has 0 aromatic rings. The molecule has 0 saturated heterocycles. The summed E-state index contributed by atoms with van der Waals surface area (Å²) in [6.45, 7) is 7.75. The molecule has 0 fully saturated rings. The van der Waals surface area contributed by atoms with Crippen molar-refractivity contribution in [1.82, 2.24) is 10.6 Å². The van der Waals surface area contributed by atoms with E-state index in [1.54, 1.807) is 0 Å². The molecule has 112 valence electrons. The summed E-state index contributed by atoms with van der Waals surface area (Å²) >= 11 is 0. The first-order valence-electron chi connectivity index (χ1n) is 6.20. The molecule has 0 aromatic carbocycles. The van der Waals surface area contributed by atoms with E-state index in [0.29, 0.717) is 25.9 Å². The van der Waals surface area contributed by atoms with Crippen molar-refractivity contribution in [2.24, 2.45) is 0 Å². The number of carbonyl (C=O) groups excluding carboxylic acids is 3. The van der Waals surface area contributed by atoms with Crippen LogP contribution < -0.4 is 10.6 Å². The molecule has 0 aliphatic heterocycles. The Kier molecular flexibility index (Phi) is 10.4. The van der Waals surface area contributed by atoms with E-state index < -0.39 is 11.9 Å². The Balaban J connectivity index is 3.37. The van der Waals surface area contributed by atoms with Gasteiger partial charge < -0.3 is 20.1 Å². The quantitative estimate of drug-likeness (QED) is 0.346. The highest BCUT2D eigenvalue weighted by Gasteiger charge is 2.00. The van der Waals surface area contributed by atoms with E-state index in [0.717, 1.165) is 12.2 Å². The molecule has 0 bridgehead atoms. The van der Waals surface area contributed by atoms with Gasteiger partial charge in [-0.1, -0.05) is 13.2 Å². The lowest BCUT2D eigenvalue weighted by Gasteiger charge is -2.07. The Morgan fingerprint density at radius 3 is 1.60 bits per heavy atom. The first-order valence-corrected chi connectivity index (χ1v) is 6.20. The van der Waals surface area contributed by atoms with Gasteiger partial charge in [-0.15, -0.1) is 0 Å². The summed E-state index contributed by atoms with van der Waals surface area (Å²) in [5.74, 6) is -0.966. The van der Waals surface area contributed by atoms with Gasteiger partial charge in [0.2, 0.25) is 0 Å². The Labute approximate surface area is 118 Å². The first kappa shape index (κ1) is 17.7. The van der Waals surface area contributed by atoms with Crippen molar-refractivity contribution in [1.29, 1.82) is 0 Å². The van der Waals surface area contributed by atoms with Crippen molar-refractivity contribution in [3.05, 3.63) is 25.3 Å². The van der Waals surface area contributed by atoms with Gasteiger partial charge in [-0.05, 0) is 12.8 Å². The number of urea groups is 1. The zero-order valence-corrected chi connectivity index (χ0v) is 11.4. The molecular weight excluding hydrogens is 264 g/mol. The molecule has 0 spiro atoms. The van der Waals surface area contributed by atoms with Crippen LogP contribution in [-0.4, -0.2) is 44.3 Å². The molecule has 0 rings (SSSR count). The standard InChI is InChI=1S/C13H20N2O5/c1-3-11(16)19-9-5-7-14-13(18)15-8-6-10-20-12(17)4-2/h3-4H,1-2,5-10H2,(H2,14,15,18). The minimum atomic E-state index is -0.483. The minimum Gasteiger partial charge on any atom is -0.462 e. The number of hydrogen-bond acceptors (Lipinski definition) is 5. The summed E-state index contributed by atoms with van der Waals surface area (Å²) in [6.07, 6.45) is 3.20. The summed E-state index contributed by atoms with van der Waals surface area (Å²) in [7, 11) is 0. The van der Waals surface area contributed by atoms with Crippen LogP contribution in [-0.2, 0) is 19.1 Å². The summed E-state index contributed by atoms with van der Waals surface area (Å²) < 4.78 is 9.47. The van der Waals surface area contributed by atoms with Crippen LogP contribution >= 0.6 is 0 Å². The number of esters is 2. The van der Waals surface area contributed by atoms with Crippen LogP contribution in [0.2, 0.25) is 0 Å². The lowest BCUT2D eigenvalue weighted by molar-refractivity contribution is -0.138. The maximum atomic E-state index is 11.3. The first-order chi connectivity index (χ1) is 9.60. The third-order valence-corrected chi connectivity index (χ3v) is 2.04. The van der Waals surface area contributed by atoms with Crippen molar-refractivity contribution in [2.75, 3.05) is 26.3 Å². The molecule has 0 aliphatic rings. The van der Waals surface area contributed by atoms with Crippen LogP contribution in [0.25, 0.3) is 0 Å². The van der Waals surface area contributed by atoms with Crippen LogP contribution in [0.3, 0.4) is 0 Å². The number of amides is 2. The van der Waals surface area contributed by atoms with Gasteiger partial charge in [0.25, 0.3) is 0 Å². The normalized spacial score (nSPS) is 9.20. The molecular formula is C13H20N2O5. The molecule has 0 heterocycles. The van der Waals surface area contributed by atoms with Crippen molar-refractivity contribution in [2.45, 2.75) is 12.8 Å². The monoisotopic (exact) mass is 284 g/mol. The van der Waals surface area contributed by atoms with Gasteiger partial charge in [0.15, 0.2) is 0 Å². The van der Waals surface area contributed by atoms with Gasteiger partial charge in [0.1, 0.15) is 0 Å². The Hall–Kier alpha value is -2.31. The van der Waals surface area contributed by atoms with E-state index in [2.05, 4.69) is 23.8 Å². The predicted molar refractivity (Wildman–Crippen MR) is 72.9 cm³/mol. The molecule has 0 radical (unpaired) electrons. The van der Waals surface area contributed by atoms with Crippen LogP contribution in [0.5, 0.6) is 0 Å². The van der Waals surface area contributed by atoms with E-state index >= 15 is 0 Å². The summed E-state index contributed by atoms with van der Waals surface area (Å²) in [5, 5.41) is 5.19. The summed E-state index contributed by atoms with van der Waals surface area (Å²) in [6, 6.07) is -0.324. The molecule has 2 amide bonds. The lowest BCUT2D eigenvalue weighted by Crippen LogP contribution is -2.37. The number of nitrogens with one attached hydrogen (secondary N) is 2. The van der Waals surface area contributed by atoms with Gasteiger partial charge >= 0.3 is 18.0 Å². The summed E-state index contributed by atoms with van der Waals surface area (Å²) in [5.41, 5.74) is 0. The van der Waals surface area contributed by atoms with Crippen LogP contribution in [0, 0.1) is 0 Å². The fraction of sp³-hybridized carbons (Fsp3) is 0.462. The highest BCUT2D eigenvalue weighted by atomic mass is 16.5. The van der Waals surface area contributed by atoms with Crippen LogP contribution in [0.1, 0.15) is 12.8 Å². The van der Waals surface area contributed by atoms with Crippen molar-refractivity contribution >= 4 is 18.0 Å². The second kappa shape index (κ2) is 11.8. The van der Waals surface area contributed by atoms with E-state index in [1.165, 1.54) is 0 Å². The predicted octanol–water partition coefficient (Wildman–Crippen LogP) is 0.524. The number of carbonyl (C=O) groups is 3. The van der Waals surface area contributed by atoms with Crippen molar-refractivity contribution in [3.63, 3.8) is 0 Å². The van der Waals surface area contributed by atoms with Gasteiger partial charge in [0, 0.05) is 25.2 Å². The average molecular weight is 284 g/mol. The molecule has 0 atom stereocenters. The van der Waals surface area contributed by atoms with Crippen LogP contribution in [0.4, 0.5) is 4.79 Å². The fourth-order valence-electron chi connectivity index (χ4n) is 1.07. The highest BCUT2D eigenvalue weighted by molar-refractivity contribution is 5.81. The fourth-order valence-corrected chi connectivity index (χ4v) is 1.07. The van der Waals surface area contributed by atoms with E-state index in [1.807, 2.05) is 0 Å². The average Bonchev–Trinajstić information content (AvgIpc) is 2.45. The van der Waals surface area contributed by atoms with Crippen molar-refractivity contribution < 1.29 is 23.9 Å². The Bertz CT molecular complexity index is 323. The van der Waals surface area contributed by atoms with Crippen LogP contribution in [0.15, 0.2) is 25.3 Å². The second-order valence-electron chi connectivity index (χ2n) is 3.63. The zero-order chi connectivity index (χ0) is 15.2. The highest BCUT2D eigenvalue weighted by Crippen LogP contribution is 1.85. The van der Waals surface area contributed by atoms with E-state index in [4.69, 9.17) is 9.47 Å². The molecule has 0 aliphatic carbocycles. The molecule has 0 saturated carbocycles. The van der Waals surface area contributed by atoms with E-state index in [9.17, 15) is 14.4 Å². The number of ether oxygens (including phenoxy) is 2. The second-order valence-corrected chi connectivity index (χ2v) is 3.63. The van der Waals surface area contributed by atoms with E-state index in [-0.39, 0.29) is 19.2 Å². The van der Waals surface area contributed by atoms with Crippen molar-refractivity contribution in [3.8, 4) is 0 Å². The molecule has 7 nitrogen and oxygen atoms in total. The lowest BCUT2D eigenvalue weighted by atomic mass is 10.4. The summed E-state index contributed by atoms with van der Waals surface area (Å²) in [4.78, 5) is 32.7. The Morgan fingerprint density at radius 2 is 1.25 bits per heavy atom. The molecule has 20 heavy (non-hydrogen) atoms. The Morgan fingerprint density at radius 1 is 0.850 bits per heavy atom. The topological polar surface area (TPSA) is 93.7 Å². The number of rotatable bonds is 10. The molecule has 7 heteroatoms. The minimum absolute atomic E-state index is 0.225. The smallest absolute Gasteiger partial charge is 0.330 e. The van der Waals surface area contributed by atoms with Gasteiger partial charge in [0.05, 0.1) is 13.2 Å². The SMILES string of the molecule is C=CC(=O)OCCCNC(=O)NCCCOC(=O)C=C. The molecule has 0 aromatic heterocycles. The van der Waals surface area contributed by atoms with Gasteiger partial charge in [-0.2, -0.15) is 0 Å². The van der Waals surface area contributed by atoms with Gasteiger partial charge in [-0.3, -0.25) is 0 Å². The third kappa shape index (κ3) is 10.8. The third-order valence-electron chi connectivity index (χ3n) is 2.04. The largest absolute Gasteiger partial charge is 0.462 e. The molecule has 0 unspecified atom stereocenters. The number of hydrogen-bond donors (Lipinski definition) is 2. The maximum Gasteiger partial charge on any atom is 0.330 e. The zero-order valence-electron chi connectivity index (χ0n) is 11.4. The van der Waals surface area contributed by atoms with Gasteiger partial charge in [-0.25, -0.2) is 14.4 Å². The maximum absolute atomic E-state index is 11.3. The molecule has 2 N–H and O–H groups in total.